The van der Waals surface area contributed by atoms with Crippen molar-refractivity contribution in [3.63, 3.8) is 0 Å². The number of hydrogen-bond acceptors (Lipinski definition) is 3. The maximum absolute atomic E-state index is 10.6. The summed E-state index contributed by atoms with van der Waals surface area (Å²) in [5, 5.41) is 0. The van der Waals surface area contributed by atoms with Gasteiger partial charge in [0.05, 0.1) is 5.75 Å². The van der Waals surface area contributed by atoms with Crippen LogP contribution in [-0.4, -0.2) is 15.9 Å². The highest BCUT2D eigenvalue weighted by molar-refractivity contribution is 7.80. The van der Waals surface area contributed by atoms with Crippen molar-refractivity contribution in [3.8, 4) is 0 Å². The lowest BCUT2D eigenvalue weighted by Crippen LogP contribution is -2.05. The smallest absolute Gasteiger partial charge is 0.344 e. The van der Waals surface area contributed by atoms with Crippen LogP contribution in [0.5, 0.6) is 0 Å². The van der Waals surface area contributed by atoms with Gasteiger partial charge in [0.25, 0.3) is 0 Å². The number of hydrogen-bond donors (Lipinski definition) is 0. The van der Waals surface area contributed by atoms with E-state index in [1.807, 2.05) is 0 Å². The maximum atomic E-state index is 10.6. The normalized spacial score (nSPS) is 11.6. The van der Waals surface area contributed by atoms with E-state index in [0.717, 1.165) is 6.08 Å². The molecule has 0 rings (SSSR count). The molecule has 0 aromatic heterocycles. The molecule has 0 N–H and O–H groups in total. The van der Waals surface area contributed by atoms with Crippen molar-refractivity contribution >= 4 is 17.0 Å². The fourth-order valence-electron chi connectivity index (χ4n) is 0.256. The Labute approximate surface area is 62.0 Å². The second-order valence-corrected chi connectivity index (χ2v) is 2.47. The Kier molecular flexibility index (Phi) is 4.49. The third kappa shape index (κ3) is 4.03. The molecule has 3 nitrogen and oxygen atoms in total. The summed E-state index contributed by atoms with van der Waals surface area (Å²) in [6.07, 6.45) is 2.37. The standard InChI is InChI=1S/C6H8O3S/c1-3-5-10(8)9-6(7)4-2/h3-4H,1-2,5H2. The van der Waals surface area contributed by atoms with Gasteiger partial charge in [-0.05, 0) is 0 Å². The Balaban J connectivity index is 3.67. The molecule has 0 saturated carbocycles. The van der Waals surface area contributed by atoms with Crippen LogP contribution >= 0.6 is 0 Å². The average molecular weight is 160 g/mol. The second-order valence-electron chi connectivity index (χ2n) is 1.37. The summed E-state index contributed by atoms with van der Waals surface area (Å²) in [5.41, 5.74) is 0. The summed E-state index contributed by atoms with van der Waals surface area (Å²) in [4.78, 5) is 10.3. The zero-order chi connectivity index (χ0) is 7.98. The number of carbonyl (C=O) groups excluding carboxylic acids is 1. The molecule has 0 aliphatic rings. The highest BCUT2D eigenvalue weighted by Crippen LogP contribution is 1.87. The monoisotopic (exact) mass is 160 g/mol. The zero-order valence-electron chi connectivity index (χ0n) is 5.41. The van der Waals surface area contributed by atoms with E-state index in [-0.39, 0.29) is 5.75 Å². The highest BCUT2D eigenvalue weighted by atomic mass is 32.2. The zero-order valence-corrected chi connectivity index (χ0v) is 6.23. The lowest BCUT2D eigenvalue weighted by atomic mass is 10.7. The third-order valence-electron chi connectivity index (χ3n) is 0.596. The van der Waals surface area contributed by atoms with E-state index in [1.54, 1.807) is 0 Å². The van der Waals surface area contributed by atoms with Gasteiger partial charge >= 0.3 is 5.97 Å². The first-order valence-corrected chi connectivity index (χ1v) is 3.79. The van der Waals surface area contributed by atoms with E-state index in [4.69, 9.17) is 0 Å². The van der Waals surface area contributed by atoms with Gasteiger partial charge in [0.2, 0.25) is 11.1 Å². The summed E-state index contributed by atoms with van der Waals surface area (Å²) < 4.78 is 14.8. The Morgan fingerprint density at radius 1 is 1.60 bits per heavy atom. The van der Waals surface area contributed by atoms with Crippen LogP contribution < -0.4 is 0 Å². The molecule has 0 aromatic rings. The van der Waals surface area contributed by atoms with Crippen molar-refractivity contribution in [1.82, 2.24) is 0 Å². The molecule has 0 amide bonds. The lowest BCUT2D eigenvalue weighted by molar-refractivity contribution is -0.128. The topological polar surface area (TPSA) is 43.4 Å². The van der Waals surface area contributed by atoms with Gasteiger partial charge in [0, 0.05) is 6.08 Å². The van der Waals surface area contributed by atoms with E-state index >= 15 is 0 Å². The number of carbonyl (C=O) groups is 1. The van der Waals surface area contributed by atoms with Crippen molar-refractivity contribution in [2.24, 2.45) is 0 Å². The Bertz CT molecular complexity index is 174. The Morgan fingerprint density at radius 3 is 2.60 bits per heavy atom. The fourth-order valence-corrected chi connectivity index (χ4v) is 0.768. The largest absolute Gasteiger partial charge is 0.360 e. The minimum atomic E-state index is -1.59. The van der Waals surface area contributed by atoms with E-state index in [1.165, 1.54) is 6.08 Å². The quantitative estimate of drug-likeness (QED) is 0.446. The first-order valence-electron chi connectivity index (χ1n) is 2.54. The maximum Gasteiger partial charge on any atom is 0.344 e. The minimum absolute atomic E-state index is 0.152. The van der Waals surface area contributed by atoms with Crippen LogP contribution in [0.25, 0.3) is 0 Å². The SMILES string of the molecule is C=CCS(=O)OC(=O)C=C. The molecule has 1 unspecified atom stereocenters. The molecular weight excluding hydrogens is 152 g/mol. The van der Waals surface area contributed by atoms with Crippen LogP contribution in [0.2, 0.25) is 0 Å². The molecule has 0 saturated heterocycles. The van der Waals surface area contributed by atoms with Crippen molar-refractivity contribution < 1.29 is 13.2 Å². The molecule has 0 aliphatic heterocycles. The van der Waals surface area contributed by atoms with Gasteiger partial charge < -0.3 is 4.18 Å². The molecule has 0 bridgehead atoms. The van der Waals surface area contributed by atoms with Gasteiger partial charge in [0.15, 0.2) is 0 Å². The molecular formula is C6H8O3S. The Hall–Kier alpha value is -0.900. The van der Waals surface area contributed by atoms with Crippen LogP contribution in [0.3, 0.4) is 0 Å². The third-order valence-corrected chi connectivity index (χ3v) is 1.45. The highest BCUT2D eigenvalue weighted by Gasteiger charge is 2.00. The first kappa shape index (κ1) is 9.10. The summed E-state index contributed by atoms with van der Waals surface area (Å²) >= 11 is -1.59. The predicted octanol–water partition coefficient (Wildman–Crippen LogP) is 0.565. The van der Waals surface area contributed by atoms with E-state index in [2.05, 4.69) is 17.3 Å². The lowest BCUT2D eigenvalue weighted by Gasteiger charge is -1.94. The fraction of sp³-hybridized carbons (Fsp3) is 0.167. The molecule has 1 atom stereocenters. The molecule has 0 heterocycles. The second kappa shape index (κ2) is 4.93. The molecule has 0 aromatic carbocycles. The van der Waals surface area contributed by atoms with Crippen molar-refractivity contribution in [2.45, 2.75) is 0 Å². The van der Waals surface area contributed by atoms with Gasteiger partial charge in [-0.15, -0.1) is 6.58 Å². The molecule has 0 aliphatic carbocycles. The van der Waals surface area contributed by atoms with E-state index < -0.39 is 17.0 Å². The van der Waals surface area contributed by atoms with Crippen molar-refractivity contribution in [1.29, 1.82) is 0 Å². The Morgan fingerprint density at radius 2 is 2.20 bits per heavy atom. The van der Waals surface area contributed by atoms with Gasteiger partial charge in [-0.3, -0.25) is 0 Å². The van der Waals surface area contributed by atoms with Gasteiger partial charge in [-0.2, -0.15) is 0 Å². The molecule has 4 heteroatoms. The molecule has 56 valence electrons. The van der Waals surface area contributed by atoms with Gasteiger partial charge in [-0.25, -0.2) is 9.00 Å². The van der Waals surface area contributed by atoms with Crippen LogP contribution in [0.1, 0.15) is 0 Å². The summed E-state index contributed by atoms with van der Waals surface area (Å²) in [6, 6.07) is 0. The molecule has 0 radical (unpaired) electrons. The molecule has 10 heavy (non-hydrogen) atoms. The number of rotatable bonds is 4. The average Bonchev–Trinajstić information content (AvgIpc) is 1.88. The van der Waals surface area contributed by atoms with E-state index in [0.29, 0.717) is 0 Å². The van der Waals surface area contributed by atoms with Gasteiger partial charge in [-0.1, -0.05) is 12.7 Å². The van der Waals surface area contributed by atoms with Crippen LogP contribution in [-0.2, 0) is 20.1 Å². The summed E-state index contributed by atoms with van der Waals surface area (Å²) in [7, 11) is 0. The van der Waals surface area contributed by atoms with Gasteiger partial charge in [0.1, 0.15) is 0 Å². The van der Waals surface area contributed by atoms with Crippen molar-refractivity contribution in [2.75, 3.05) is 5.75 Å². The van der Waals surface area contributed by atoms with Crippen LogP contribution in [0.4, 0.5) is 0 Å². The molecule has 0 fully saturated rings. The minimum Gasteiger partial charge on any atom is -0.360 e. The summed E-state index contributed by atoms with van der Waals surface area (Å²) in [6.45, 7) is 6.46. The predicted molar refractivity (Wildman–Crippen MR) is 39.5 cm³/mol. The first-order chi connectivity index (χ1) is 4.70. The summed E-state index contributed by atoms with van der Waals surface area (Å²) in [5.74, 6) is -0.528. The van der Waals surface area contributed by atoms with Crippen LogP contribution in [0, 0.1) is 0 Å². The van der Waals surface area contributed by atoms with Crippen LogP contribution in [0.15, 0.2) is 25.3 Å². The van der Waals surface area contributed by atoms with E-state index in [9.17, 15) is 9.00 Å². The molecule has 0 spiro atoms. The van der Waals surface area contributed by atoms with Crippen molar-refractivity contribution in [3.05, 3.63) is 25.3 Å².